The summed E-state index contributed by atoms with van der Waals surface area (Å²) < 4.78 is 12.0. The van der Waals surface area contributed by atoms with Crippen LogP contribution in [-0.2, 0) is 15.4 Å². The first-order chi connectivity index (χ1) is 10.2. The molecule has 22 heavy (non-hydrogen) atoms. The second kappa shape index (κ2) is 8.98. The Bertz CT molecular complexity index is 393. The molecule has 0 aliphatic heterocycles. The van der Waals surface area contributed by atoms with Crippen molar-refractivity contribution >= 4 is 16.6 Å². The van der Waals surface area contributed by atoms with Gasteiger partial charge in [-0.1, -0.05) is 30.3 Å². The van der Waals surface area contributed by atoms with E-state index < -0.39 is 16.6 Å². The van der Waals surface area contributed by atoms with E-state index in [-0.39, 0.29) is 0 Å². The van der Waals surface area contributed by atoms with Crippen LogP contribution in [0, 0.1) is 0 Å². The van der Waals surface area contributed by atoms with Gasteiger partial charge >= 0.3 is 0 Å². The molecule has 5 heteroatoms. The fraction of sp³-hybridized carbons (Fsp3) is 0.647. The second-order valence-electron chi connectivity index (χ2n) is 7.68. The Labute approximate surface area is 138 Å². The van der Waals surface area contributed by atoms with Crippen LogP contribution < -0.4 is 0 Å². The molecule has 126 valence electrons. The van der Waals surface area contributed by atoms with Crippen LogP contribution in [0.1, 0.15) is 5.56 Å². The molecular weight excluding hydrogens is 306 g/mol. The van der Waals surface area contributed by atoms with Gasteiger partial charge in [0.2, 0.25) is 0 Å². The van der Waals surface area contributed by atoms with E-state index in [1.165, 1.54) is 5.56 Å². The fourth-order valence-corrected chi connectivity index (χ4v) is 3.48. The zero-order chi connectivity index (χ0) is 16.6. The largest absolute Gasteiger partial charge is 0.416 e. The lowest BCUT2D eigenvalue weighted by Gasteiger charge is -2.26. The molecule has 0 heterocycles. The summed E-state index contributed by atoms with van der Waals surface area (Å²) in [5, 5.41) is 0. The highest BCUT2D eigenvalue weighted by Crippen LogP contribution is 2.08. The van der Waals surface area contributed by atoms with Gasteiger partial charge in [-0.2, -0.15) is 0 Å². The van der Waals surface area contributed by atoms with E-state index in [2.05, 4.69) is 74.5 Å². The normalized spacial score (nSPS) is 12.9. The van der Waals surface area contributed by atoms with E-state index in [0.717, 1.165) is 32.8 Å². The molecule has 0 radical (unpaired) electrons. The molecule has 0 aromatic heterocycles. The Balaban J connectivity index is 2.49. The number of hydrogen-bond acceptors (Lipinski definition) is 3. The monoisotopic (exact) mass is 339 g/mol. The van der Waals surface area contributed by atoms with E-state index >= 15 is 0 Å². The molecule has 0 aliphatic carbocycles. The van der Waals surface area contributed by atoms with Gasteiger partial charge in [0.25, 0.3) is 0 Å². The van der Waals surface area contributed by atoms with Crippen molar-refractivity contribution in [3.8, 4) is 0 Å². The highest BCUT2D eigenvalue weighted by Gasteiger charge is 2.17. The van der Waals surface area contributed by atoms with Gasteiger partial charge in [0.05, 0.1) is 0 Å². The van der Waals surface area contributed by atoms with Crippen molar-refractivity contribution in [2.75, 3.05) is 26.3 Å². The molecule has 0 fully saturated rings. The molecule has 0 atom stereocenters. The van der Waals surface area contributed by atoms with Crippen LogP contribution in [0.2, 0.25) is 39.3 Å². The zero-order valence-electron chi connectivity index (χ0n) is 15.2. The molecule has 0 saturated heterocycles. The lowest BCUT2D eigenvalue weighted by atomic mass is 10.2. The van der Waals surface area contributed by atoms with Crippen LogP contribution in [0.4, 0.5) is 0 Å². The van der Waals surface area contributed by atoms with Crippen molar-refractivity contribution in [3.63, 3.8) is 0 Å². The van der Waals surface area contributed by atoms with Gasteiger partial charge in [-0.25, -0.2) is 0 Å². The average molecular weight is 340 g/mol. The van der Waals surface area contributed by atoms with Gasteiger partial charge in [-0.3, -0.25) is 4.90 Å². The van der Waals surface area contributed by atoms with Crippen LogP contribution in [0.15, 0.2) is 30.3 Å². The minimum atomic E-state index is -1.43. The van der Waals surface area contributed by atoms with Gasteiger partial charge in [-0.15, -0.1) is 0 Å². The SMILES string of the molecule is C[Si](C)(C)OCCN(CCO[Si](C)(C)C)Cc1ccccc1. The van der Waals surface area contributed by atoms with Gasteiger partial charge in [0.1, 0.15) is 0 Å². The molecule has 1 aromatic rings. The van der Waals surface area contributed by atoms with Crippen molar-refractivity contribution in [1.82, 2.24) is 4.90 Å². The van der Waals surface area contributed by atoms with Gasteiger partial charge in [0, 0.05) is 32.8 Å². The molecule has 1 aromatic carbocycles. The Kier molecular flexibility index (Phi) is 7.99. The quantitative estimate of drug-likeness (QED) is 0.597. The molecule has 0 bridgehead atoms. The summed E-state index contributed by atoms with van der Waals surface area (Å²) >= 11 is 0. The molecule has 0 spiro atoms. The van der Waals surface area contributed by atoms with E-state index in [1.54, 1.807) is 0 Å². The molecule has 0 saturated carbocycles. The third-order valence-corrected chi connectivity index (χ3v) is 5.27. The van der Waals surface area contributed by atoms with E-state index in [0.29, 0.717) is 0 Å². The summed E-state index contributed by atoms with van der Waals surface area (Å²) in [5.74, 6) is 0. The van der Waals surface area contributed by atoms with E-state index in [9.17, 15) is 0 Å². The molecular formula is C17H33NO2Si2. The number of benzene rings is 1. The molecule has 0 unspecified atom stereocenters. The Hall–Kier alpha value is -0.466. The molecule has 1 rings (SSSR count). The van der Waals surface area contributed by atoms with E-state index in [4.69, 9.17) is 8.85 Å². The maximum Gasteiger partial charge on any atom is 0.183 e. The Morgan fingerprint density at radius 1 is 0.773 bits per heavy atom. The number of rotatable bonds is 10. The molecule has 0 amide bonds. The van der Waals surface area contributed by atoms with Crippen LogP contribution in [0.3, 0.4) is 0 Å². The van der Waals surface area contributed by atoms with Crippen molar-refractivity contribution in [2.24, 2.45) is 0 Å². The lowest BCUT2D eigenvalue weighted by molar-refractivity contribution is 0.167. The number of hydrogen-bond donors (Lipinski definition) is 0. The van der Waals surface area contributed by atoms with Crippen LogP contribution >= 0.6 is 0 Å². The summed E-state index contributed by atoms with van der Waals surface area (Å²) in [4.78, 5) is 2.44. The summed E-state index contributed by atoms with van der Waals surface area (Å²) in [6.45, 7) is 18.0. The van der Waals surface area contributed by atoms with Crippen LogP contribution in [0.5, 0.6) is 0 Å². The summed E-state index contributed by atoms with van der Waals surface area (Å²) in [6.07, 6.45) is 0. The summed E-state index contributed by atoms with van der Waals surface area (Å²) in [6, 6.07) is 10.6. The summed E-state index contributed by atoms with van der Waals surface area (Å²) in [5.41, 5.74) is 1.35. The lowest BCUT2D eigenvalue weighted by Crippen LogP contribution is -2.36. The minimum Gasteiger partial charge on any atom is -0.416 e. The highest BCUT2D eigenvalue weighted by molar-refractivity contribution is 6.70. The van der Waals surface area contributed by atoms with Crippen molar-refractivity contribution in [3.05, 3.63) is 35.9 Å². The van der Waals surface area contributed by atoms with Crippen molar-refractivity contribution in [1.29, 1.82) is 0 Å². The standard InChI is InChI=1S/C17H33NO2Si2/c1-21(2,3)19-14-12-18(13-15-20-22(4,5)6)16-17-10-8-7-9-11-17/h7-11H,12-16H2,1-6H3. The first kappa shape index (κ1) is 19.6. The zero-order valence-corrected chi connectivity index (χ0v) is 17.2. The van der Waals surface area contributed by atoms with Gasteiger partial charge in [-0.05, 0) is 44.8 Å². The van der Waals surface area contributed by atoms with Crippen LogP contribution in [0.25, 0.3) is 0 Å². The predicted molar refractivity (Wildman–Crippen MR) is 100 cm³/mol. The minimum absolute atomic E-state index is 0.815. The third-order valence-electron chi connectivity index (χ3n) is 3.13. The molecule has 3 nitrogen and oxygen atoms in total. The van der Waals surface area contributed by atoms with Gasteiger partial charge in [0.15, 0.2) is 16.6 Å². The first-order valence-electron chi connectivity index (χ1n) is 8.20. The maximum absolute atomic E-state index is 6.01. The average Bonchev–Trinajstić information content (AvgIpc) is 2.36. The number of nitrogens with zero attached hydrogens (tertiary/aromatic N) is 1. The Morgan fingerprint density at radius 2 is 1.23 bits per heavy atom. The Morgan fingerprint density at radius 3 is 1.64 bits per heavy atom. The highest BCUT2D eigenvalue weighted by atomic mass is 28.4. The van der Waals surface area contributed by atoms with Crippen molar-refractivity contribution in [2.45, 2.75) is 45.8 Å². The molecule has 0 aliphatic rings. The van der Waals surface area contributed by atoms with Gasteiger partial charge < -0.3 is 8.85 Å². The first-order valence-corrected chi connectivity index (χ1v) is 15.0. The third kappa shape index (κ3) is 10.3. The smallest absolute Gasteiger partial charge is 0.183 e. The van der Waals surface area contributed by atoms with Crippen LogP contribution in [-0.4, -0.2) is 47.8 Å². The topological polar surface area (TPSA) is 21.7 Å². The summed E-state index contributed by atoms with van der Waals surface area (Å²) in [7, 11) is -2.86. The van der Waals surface area contributed by atoms with Crippen molar-refractivity contribution < 1.29 is 8.85 Å². The predicted octanol–water partition coefficient (Wildman–Crippen LogP) is 4.19. The molecule has 0 N–H and O–H groups in total. The van der Waals surface area contributed by atoms with E-state index in [1.807, 2.05) is 0 Å². The second-order valence-corrected chi connectivity index (χ2v) is 16.7. The fourth-order valence-electron chi connectivity index (χ4n) is 2.07. The maximum atomic E-state index is 6.01.